The number of thiophene rings is 1. The smallest absolute Gasteiger partial charge is 0.266 e. The molecule has 1 aliphatic heterocycles. The SMILES string of the molecule is COC1CCCN(C(=O)c2sc3nccnc3c2N)C1. The van der Waals surface area contributed by atoms with Gasteiger partial charge in [0.2, 0.25) is 0 Å². The third kappa shape index (κ3) is 2.23. The van der Waals surface area contributed by atoms with E-state index in [1.807, 2.05) is 0 Å². The third-order valence-corrected chi connectivity index (χ3v) is 4.65. The van der Waals surface area contributed by atoms with Gasteiger partial charge in [-0.1, -0.05) is 0 Å². The molecule has 1 unspecified atom stereocenters. The van der Waals surface area contributed by atoms with Crippen molar-refractivity contribution in [2.24, 2.45) is 0 Å². The fraction of sp³-hybridized carbons (Fsp3) is 0.462. The number of nitrogen functional groups attached to an aromatic ring is 1. The molecule has 0 aromatic carbocycles. The number of aromatic nitrogens is 2. The second-order valence-electron chi connectivity index (χ2n) is 4.81. The van der Waals surface area contributed by atoms with E-state index in [-0.39, 0.29) is 12.0 Å². The van der Waals surface area contributed by atoms with Gasteiger partial charge in [-0.3, -0.25) is 4.79 Å². The van der Waals surface area contributed by atoms with E-state index in [0.717, 1.165) is 19.4 Å². The minimum atomic E-state index is -0.0472. The lowest BCUT2D eigenvalue weighted by molar-refractivity contribution is 0.0272. The fourth-order valence-electron chi connectivity index (χ4n) is 2.46. The van der Waals surface area contributed by atoms with E-state index in [2.05, 4.69) is 9.97 Å². The maximum atomic E-state index is 12.6. The first-order chi connectivity index (χ1) is 9.70. The molecule has 1 saturated heterocycles. The molecule has 0 bridgehead atoms. The maximum Gasteiger partial charge on any atom is 0.266 e. The number of ether oxygens (including phenoxy) is 1. The highest BCUT2D eigenvalue weighted by Crippen LogP contribution is 2.32. The summed E-state index contributed by atoms with van der Waals surface area (Å²) < 4.78 is 5.35. The lowest BCUT2D eigenvalue weighted by Crippen LogP contribution is -2.42. The first-order valence-corrected chi connectivity index (χ1v) is 7.33. The van der Waals surface area contributed by atoms with E-state index in [4.69, 9.17) is 10.5 Å². The summed E-state index contributed by atoms with van der Waals surface area (Å²) in [5, 5.41) is 0. The van der Waals surface area contributed by atoms with Crippen LogP contribution in [0.1, 0.15) is 22.5 Å². The van der Waals surface area contributed by atoms with Crippen LogP contribution >= 0.6 is 11.3 Å². The lowest BCUT2D eigenvalue weighted by atomic mass is 10.1. The average molecular weight is 292 g/mol. The standard InChI is InChI=1S/C13H16N4O2S/c1-19-8-3-2-6-17(7-8)13(18)11-9(14)10-12(20-11)16-5-4-15-10/h4-5,8H,2-3,6-7,14H2,1H3. The summed E-state index contributed by atoms with van der Waals surface area (Å²) in [5.41, 5.74) is 7.09. The largest absolute Gasteiger partial charge is 0.396 e. The summed E-state index contributed by atoms with van der Waals surface area (Å²) in [7, 11) is 1.68. The molecule has 7 heteroatoms. The van der Waals surface area contributed by atoms with Gasteiger partial charge in [-0.25, -0.2) is 9.97 Å². The molecule has 1 amide bonds. The summed E-state index contributed by atoms with van der Waals surface area (Å²) in [5.74, 6) is -0.0472. The predicted molar refractivity (Wildman–Crippen MR) is 77.8 cm³/mol. The van der Waals surface area contributed by atoms with Gasteiger partial charge in [0.05, 0.1) is 11.8 Å². The van der Waals surface area contributed by atoms with Gasteiger partial charge in [-0.2, -0.15) is 0 Å². The summed E-state index contributed by atoms with van der Waals surface area (Å²) in [6.07, 6.45) is 5.24. The molecule has 6 nitrogen and oxygen atoms in total. The molecule has 2 aromatic heterocycles. The van der Waals surface area contributed by atoms with Gasteiger partial charge in [0.1, 0.15) is 15.2 Å². The first-order valence-electron chi connectivity index (χ1n) is 6.51. The molecule has 1 atom stereocenters. The van der Waals surface area contributed by atoms with Gasteiger partial charge in [0, 0.05) is 32.6 Å². The molecule has 3 heterocycles. The Morgan fingerprint density at radius 3 is 3.05 bits per heavy atom. The number of rotatable bonds is 2. The molecule has 2 aromatic rings. The van der Waals surface area contributed by atoms with Gasteiger partial charge in [0.25, 0.3) is 5.91 Å². The van der Waals surface area contributed by atoms with Crippen molar-refractivity contribution in [2.45, 2.75) is 18.9 Å². The molecule has 1 fully saturated rings. The molecular formula is C13H16N4O2S. The Balaban J connectivity index is 1.90. The number of carbonyl (C=O) groups excluding carboxylic acids is 1. The molecular weight excluding hydrogens is 276 g/mol. The minimum Gasteiger partial charge on any atom is -0.396 e. The molecule has 106 valence electrons. The molecule has 3 rings (SSSR count). The lowest BCUT2D eigenvalue weighted by Gasteiger charge is -2.31. The quantitative estimate of drug-likeness (QED) is 0.907. The molecule has 2 N–H and O–H groups in total. The van der Waals surface area contributed by atoms with Crippen LogP contribution in [0.2, 0.25) is 0 Å². The van der Waals surface area contributed by atoms with Crippen molar-refractivity contribution in [3.05, 3.63) is 17.3 Å². The summed E-state index contributed by atoms with van der Waals surface area (Å²) in [6, 6.07) is 0. The number of nitrogens with two attached hydrogens (primary N) is 1. The minimum absolute atomic E-state index is 0.0472. The highest BCUT2D eigenvalue weighted by molar-refractivity contribution is 7.21. The number of fused-ring (bicyclic) bond motifs is 1. The van der Waals surface area contributed by atoms with Crippen LogP contribution in [0.4, 0.5) is 5.69 Å². The Morgan fingerprint density at radius 1 is 1.50 bits per heavy atom. The number of amides is 1. The van der Waals surface area contributed by atoms with Gasteiger partial charge >= 0.3 is 0 Å². The van der Waals surface area contributed by atoms with E-state index in [0.29, 0.717) is 27.5 Å². The van der Waals surface area contributed by atoms with Gasteiger partial charge < -0.3 is 15.4 Å². The zero-order chi connectivity index (χ0) is 14.1. The van der Waals surface area contributed by atoms with Crippen molar-refractivity contribution < 1.29 is 9.53 Å². The number of anilines is 1. The molecule has 0 aliphatic carbocycles. The first kappa shape index (κ1) is 13.3. The molecule has 0 spiro atoms. The number of hydrogen-bond acceptors (Lipinski definition) is 6. The average Bonchev–Trinajstić information content (AvgIpc) is 2.84. The monoisotopic (exact) mass is 292 g/mol. The Bertz CT molecular complexity index is 642. The van der Waals surface area contributed by atoms with Crippen molar-refractivity contribution in [1.29, 1.82) is 0 Å². The summed E-state index contributed by atoms with van der Waals surface area (Å²) >= 11 is 1.30. The second-order valence-corrected chi connectivity index (χ2v) is 5.81. The number of piperidine rings is 1. The van der Waals surface area contributed by atoms with E-state index >= 15 is 0 Å². The number of carbonyl (C=O) groups is 1. The second kappa shape index (κ2) is 5.34. The van der Waals surface area contributed by atoms with Crippen LogP contribution in [0.5, 0.6) is 0 Å². The zero-order valence-electron chi connectivity index (χ0n) is 11.2. The van der Waals surface area contributed by atoms with E-state index in [1.165, 1.54) is 11.3 Å². The van der Waals surface area contributed by atoms with E-state index in [9.17, 15) is 4.79 Å². The zero-order valence-corrected chi connectivity index (χ0v) is 12.0. The van der Waals surface area contributed by atoms with Crippen molar-refractivity contribution >= 4 is 33.3 Å². The van der Waals surface area contributed by atoms with Crippen molar-refractivity contribution in [1.82, 2.24) is 14.9 Å². The molecule has 1 aliphatic rings. The van der Waals surface area contributed by atoms with Crippen molar-refractivity contribution in [3.63, 3.8) is 0 Å². The van der Waals surface area contributed by atoms with Crippen LogP contribution in [-0.2, 0) is 4.74 Å². The molecule has 20 heavy (non-hydrogen) atoms. The molecule has 0 saturated carbocycles. The van der Waals surface area contributed by atoms with Crippen LogP contribution in [-0.4, -0.2) is 47.1 Å². The van der Waals surface area contributed by atoms with Crippen LogP contribution in [0, 0.1) is 0 Å². The predicted octanol–water partition coefficient (Wildman–Crippen LogP) is 1.52. The Morgan fingerprint density at radius 2 is 2.30 bits per heavy atom. The van der Waals surface area contributed by atoms with Crippen LogP contribution in [0.3, 0.4) is 0 Å². The highest BCUT2D eigenvalue weighted by atomic mass is 32.1. The number of nitrogens with zero attached hydrogens (tertiary/aromatic N) is 3. The van der Waals surface area contributed by atoms with Crippen molar-refractivity contribution in [3.8, 4) is 0 Å². The van der Waals surface area contributed by atoms with Crippen LogP contribution in [0.15, 0.2) is 12.4 Å². The Hall–Kier alpha value is -1.73. The number of hydrogen-bond donors (Lipinski definition) is 1. The topological polar surface area (TPSA) is 81.3 Å². The van der Waals surface area contributed by atoms with Gasteiger partial charge in [0.15, 0.2) is 0 Å². The van der Waals surface area contributed by atoms with E-state index < -0.39 is 0 Å². The van der Waals surface area contributed by atoms with Gasteiger partial charge in [-0.05, 0) is 12.8 Å². The van der Waals surface area contributed by atoms with Crippen LogP contribution in [0.25, 0.3) is 10.3 Å². The highest BCUT2D eigenvalue weighted by Gasteiger charge is 2.27. The summed E-state index contributed by atoms with van der Waals surface area (Å²) in [6.45, 7) is 1.36. The molecule has 0 radical (unpaired) electrons. The van der Waals surface area contributed by atoms with E-state index in [1.54, 1.807) is 24.4 Å². The van der Waals surface area contributed by atoms with Gasteiger partial charge in [-0.15, -0.1) is 11.3 Å². The van der Waals surface area contributed by atoms with Crippen LogP contribution < -0.4 is 5.73 Å². The normalized spacial score (nSPS) is 19.4. The number of methoxy groups -OCH3 is 1. The summed E-state index contributed by atoms with van der Waals surface area (Å²) in [4.78, 5) is 24.0. The third-order valence-electron chi connectivity index (χ3n) is 3.56. The van der Waals surface area contributed by atoms with Crippen molar-refractivity contribution in [2.75, 3.05) is 25.9 Å². The maximum absolute atomic E-state index is 12.6. The Labute approximate surface area is 120 Å². The number of likely N-dealkylation sites (tertiary alicyclic amines) is 1. The fourth-order valence-corrected chi connectivity index (χ4v) is 3.45. The Kier molecular flexibility index (Phi) is 3.54.